The van der Waals surface area contributed by atoms with Gasteiger partial charge < -0.3 is 8.98 Å². The van der Waals surface area contributed by atoms with Gasteiger partial charge in [-0.15, -0.1) is 0 Å². The highest BCUT2D eigenvalue weighted by molar-refractivity contribution is 6.24. The predicted octanol–water partition coefficient (Wildman–Crippen LogP) is 10.7. The number of hydrogen-bond acceptors (Lipinski definition) is 4. The highest BCUT2D eigenvalue weighted by atomic mass is 16.3. The lowest BCUT2D eigenvalue weighted by molar-refractivity contribution is -0.00938. The maximum atomic E-state index is 6.59. The molecular formula is C43H34N4O. The molecule has 4 aliphatic rings. The predicted molar refractivity (Wildman–Crippen MR) is 192 cm³/mol. The zero-order chi connectivity index (χ0) is 31.4. The van der Waals surface area contributed by atoms with Crippen LogP contribution in [0.3, 0.4) is 0 Å². The van der Waals surface area contributed by atoms with Crippen molar-refractivity contribution in [3.05, 3.63) is 121 Å². The van der Waals surface area contributed by atoms with E-state index in [1.54, 1.807) is 0 Å². The molecule has 5 heteroatoms. The number of furan rings is 1. The first-order chi connectivity index (χ1) is 23.7. The van der Waals surface area contributed by atoms with Gasteiger partial charge in [0.1, 0.15) is 17.0 Å². The Hall–Kier alpha value is -5.29. The first-order valence-corrected chi connectivity index (χ1v) is 17.5. The molecule has 12 rings (SSSR count). The Kier molecular flexibility index (Phi) is 5.50. The second kappa shape index (κ2) is 9.86. The van der Waals surface area contributed by atoms with Gasteiger partial charge in [0.05, 0.1) is 22.1 Å². The smallest absolute Gasteiger partial charge is 0.165 e. The Morgan fingerprint density at radius 2 is 1.23 bits per heavy atom. The van der Waals surface area contributed by atoms with Crippen molar-refractivity contribution >= 4 is 43.7 Å². The number of nitrogens with zero attached hydrogens (tertiary/aromatic N) is 4. The Labute approximate surface area is 278 Å². The molecule has 3 heterocycles. The lowest BCUT2D eigenvalue weighted by Crippen LogP contribution is -2.49. The zero-order valence-corrected chi connectivity index (χ0v) is 26.6. The van der Waals surface area contributed by atoms with Gasteiger partial charge in [-0.05, 0) is 92.7 Å². The van der Waals surface area contributed by atoms with Crippen LogP contribution < -0.4 is 0 Å². The molecule has 4 bridgehead atoms. The lowest BCUT2D eigenvalue weighted by atomic mass is 9.49. The minimum Gasteiger partial charge on any atom is -0.455 e. The Bertz CT molecular complexity index is 2520. The van der Waals surface area contributed by atoms with Gasteiger partial charge >= 0.3 is 0 Å². The van der Waals surface area contributed by atoms with E-state index in [1.165, 1.54) is 43.9 Å². The van der Waals surface area contributed by atoms with Crippen LogP contribution in [0.25, 0.3) is 72.2 Å². The number of fused-ring (bicyclic) bond motifs is 7. The Morgan fingerprint density at radius 1 is 0.562 bits per heavy atom. The van der Waals surface area contributed by atoms with Crippen molar-refractivity contribution in [2.45, 2.75) is 43.9 Å². The molecular weight excluding hydrogens is 589 g/mol. The summed E-state index contributed by atoms with van der Waals surface area (Å²) >= 11 is 0. The monoisotopic (exact) mass is 622 g/mol. The summed E-state index contributed by atoms with van der Waals surface area (Å²) in [7, 11) is 0. The fraction of sp³-hybridized carbons (Fsp3) is 0.233. The minimum absolute atomic E-state index is 0.0463. The molecule has 4 fully saturated rings. The maximum Gasteiger partial charge on any atom is 0.165 e. The second-order valence-corrected chi connectivity index (χ2v) is 14.7. The summed E-state index contributed by atoms with van der Waals surface area (Å²) in [5, 5.41) is 4.58. The quantitative estimate of drug-likeness (QED) is 0.196. The number of benzene rings is 5. The molecule has 3 aromatic heterocycles. The van der Waals surface area contributed by atoms with Crippen molar-refractivity contribution in [2.75, 3.05) is 0 Å². The molecule has 0 unspecified atom stereocenters. The molecule has 4 aliphatic carbocycles. The fourth-order valence-electron chi connectivity index (χ4n) is 10.2. The standard InChI is InChI=1S/C43H34N4O/c1-2-10-29(11-3-1)40-44-41(46-42(45-40)43-23-26-20-27(24-43)22-28(21-26)25-43)33-14-5-8-16-35(33)47-34-15-7-4-13-32(34)38-36(47)19-18-31-30-12-6-9-17-37(30)48-39(31)38/h1-19,26-28H,20-25H2. The van der Waals surface area contributed by atoms with E-state index < -0.39 is 0 Å². The van der Waals surface area contributed by atoms with E-state index in [2.05, 4.69) is 114 Å². The second-order valence-electron chi connectivity index (χ2n) is 14.7. The summed E-state index contributed by atoms with van der Waals surface area (Å²) in [4.78, 5) is 16.1. The largest absolute Gasteiger partial charge is 0.455 e. The lowest BCUT2D eigenvalue weighted by Gasteiger charge is -2.56. The highest BCUT2D eigenvalue weighted by Gasteiger charge is 2.53. The molecule has 0 spiro atoms. The van der Waals surface area contributed by atoms with Crippen LogP contribution in [0.2, 0.25) is 0 Å². The molecule has 0 saturated heterocycles. The van der Waals surface area contributed by atoms with Crippen LogP contribution in [0.15, 0.2) is 120 Å². The molecule has 48 heavy (non-hydrogen) atoms. The first-order valence-electron chi connectivity index (χ1n) is 17.5. The van der Waals surface area contributed by atoms with Crippen molar-refractivity contribution in [3.8, 4) is 28.5 Å². The molecule has 8 aromatic rings. The van der Waals surface area contributed by atoms with Crippen molar-refractivity contribution in [1.29, 1.82) is 0 Å². The SMILES string of the molecule is c1ccc(-c2nc(-c3ccccc3-n3c4ccccc4c4c5oc6ccccc6c5ccc43)nc(C34CC5CC(CC(C5)C3)C4)n2)cc1. The van der Waals surface area contributed by atoms with Gasteiger partial charge in [-0.2, -0.15) is 0 Å². The van der Waals surface area contributed by atoms with Gasteiger partial charge in [0.2, 0.25) is 0 Å². The summed E-state index contributed by atoms with van der Waals surface area (Å²) in [6.45, 7) is 0. The van der Waals surface area contributed by atoms with Crippen molar-refractivity contribution in [1.82, 2.24) is 19.5 Å². The third-order valence-electron chi connectivity index (χ3n) is 11.7. The number of hydrogen-bond donors (Lipinski definition) is 0. The zero-order valence-electron chi connectivity index (χ0n) is 26.6. The van der Waals surface area contributed by atoms with Crippen molar-refractivity contribution < 1.29 is 4.42 Å². The van der Waals surface area contributed by atoms with Gasteiger partial charge in [-0.1, -0.05) is 78.9 Å². The molecule has 5 nitrogen and oxygen atoms in total. The van der Waals surface area contributed by atoms with E-state index in [4.69, 9.17) is 19.4 Å². The average Bonchev–Trinajstić information content (AvgIpc) is 3.67. The molecule has 5 aromatic carbocycles. The highest BCUT2D eigenvalue weighted by Crippen LogP contribution is 2.60. The Balaban J connectivity index is 1.17. The van der Waals surface area contributed by atoms with Crippen LogP contribution >= 0.6 is 0 Å². The number of para-hydroxylation sites is 3. The third kappa shape index (κ3) is 3.82. The summed E-state index contributed by atoms with van der Waals surface area (Å²) in [6, 6.07) is 40.5. The topological polar surface area (TPSA) is 56.7 Å². The van der Waals surface area contributed by atoms with Crippen LogP contribution in [0.1, 0.15) is 44.3 Å². The molecule has 0 N–H and O–H groups in total. The van der Waals surface area contributed by atoms with E-state index in [9.17, 15) is 0 Å². The summed E-state index contributed by atoms with van der Waals surface area (Å²) in [5.41, 5.74) is 7.22. The van der Waals surface area contributed by atoms with E-state index in [0.717, 1.165) is 90.4 Å². The van der Waals surface area contributed by atoms with Crippen molar-refractivity contribution in [2.24, 2.45) is 17.8 Å². The number of rotatable bonds is 4. The minimum atomic E-state index is 0.0463. The van der Waals surface area contributed by atoms with Gasteiger partial charge in [0.15, 0.2) is 11.6 Å². The van der Waals surface area contributed by atoms with Crippen molar-refractivity contribution in [3.63, 3.8) is 0 Å². The molecule has 0 radical (unpaired) electrons. The van der Waals surface area contributed by atoms with E-state index in [1.807, 2.05) is 6.07 Å². The molecule has 0 atom stereocenters. The molecule has 4 saturated carbocycles. The Morgan fingerprint density at radius 3 is 2.04 bits per heavy atom. The third-order valence-corrected chi connectivity index (χ3v) is 11.7. The normalized spacial score (nSPS) is 23.2. The summed E-state index contributed by atoms with van der Waals surface area (Å²) < 4.78 is 8.97. The van der Waals surface area contributed by atoms with E-state index in [-0.39, 0.29) is 5.41 Å². The van der Waals surface area contributed by atoms with Gasteiger partial charge in [0.25, 0.3) is 0 Å². The molecule has 232 valence electrons. The van der Waals surface area contributed by atoms with Crippen LogP contribution in [0, 0.1) is 17.8 Å². The maximum absolute atomic E-state index is 6.59. The summed E-state index contributed by atoms with van der Waals surface area (Å²) in [6.07, 6.45) is 7.78. The fourth-order valence-corrected chi connectivity index (χ4v) is 10.2. The van der Waals surface area contributed by atoms with Crippen LogP contribution in [0.5, 0.6) is 0 Å². The van der Waals surface area contributed by atoms with Crippen LogP contribution in [-0.4, -0.2) is 19.5 Å². The van der Waals surface area contributed by atoms with Gasteiger partial charge in [-0.25, -0.2) is 15.0 Å². The average molecular weight is 623 g/mol. The van der Waals surface area contributed by atoms with Gasteiger partial charge in [0, 0.05) is 32.7 Å². The van der Waals surface area contributed by atoms with E-state index in [0.29, 0.717) is 0 Å². The number of aromatic nitrogens is 4. The van der Waals surface area contributed by atoms with Gasteiger partial charge in [-0.3, -0.25) is 0 Å². The molecule has 0 aliphatic heterocycles. The molecule has 0 amide bonds. The summed E-state index contributed by atoms with van der Waals surface area (Å²) in [5.74, 6) is 4.93. The van der Waals surface area contributed by atoms with E-state index >= 15 is 0 Å². The van der Waals surface area contributed by atoms with Crippen LogP contribution in [-0.2, 0) is 5.41 Å². The first kappa shape index (κ1) is 26.7. The van der Waals surface area contributed by atoms with Crippen LogP contribution in [0.4, 0.5) is 0 Å².